The molecule has 0 aliphatic heterocycles. The summed E-state index contributed by atoms with van der Waals surface area (Å²) in [5.41, 5.74) is 2.24. The largest absolute Gasteiger partial charge is 0.465 e. The second-order valence-electron chi connectivity index (χ2n) is 5.65. The molecule has 6 heteroatoms. The average molecular weight is 334 g/mol. The molecule has 2 aromatic rings. The Labute approximate surface area is 140 Å². The van der Waals surface area contributed by atoms with Crippen LogP contribution in [0, 0.1) is 13.8 Å². The van der Waals surface area contributed by atoms with Gasteiger partial charge in [-0.05, 0) is 44.8 Å². The summed E-state index contributed by atoms with van der Waals surface area (Å²) < 4.78 is 4.79. The molecule has 2 heterocycles. The van der Waals surface area contributed by atoms with Crippen LogP contribution in [0.3, 0.4) is 0 Å². The molecule has 0 aliphatic rings. The molecule has 0 saturated heterocycles. The van der Waals surface area contributed by atoms with Gasteiger partial charge in [0.05, 0.1) is 24.4 Å². The Balaban J connectivity index is 2.21. The molecule has 2 rings (SSSR count). The van der Waals surface area contributed by atoms with Crippen molar-refractivity contribution in [3.8, 4) is 0 Å². The van der Waals surface area contributed by atoms with E-state index in [0.717, 1.165) is 0 Å². The number of carbonyl (C=O) groups excluding carboxylic acids is 2. The summed E-state index contributed by atoms with van der Waals surface area (Å²) in [6.45, 7) is 6.14. The molecule has 0 unspecified atom stereocenters. The molecule has 23 heavy (non-hydrogen) atoms. The van der Waals surface area contributed by atoms with E-state index in [0.29, 0.717) is 29.1 Å². The first-order valence-electron chi connectivity index (χ1n) is 7.41. The zero-order valence-electron chi connectivity index (χ0n) is 14.1. The fourth-order valence-corrected chi connectivity index (χ4v) is 3.37. The lowest BCUT2D eigenvalue weighted by atomic mass is 10.0. The van der Waals surface area contributed by atoms with Crippen molar-refractivity contribution in [3.63, 3.8) is 0 Å². The molecule has 1 atom stereocenters. The highest BCUT2D eigenvalue weighted by molar-refractivity contribution is 7.09. The van der Waals surface area contributed by atoms with Crippen LogP contribution >= 0.6 is 11.3 Å². The van der Waals surface area contributed by atoms with E-state index in [4.69, 9.17) is 4.74 Å². The van der Waals surface area contributed by atoms with Crippen molar-refractivity contribution in [2.75, 3.05) is 14.2 Å². The number of hydrogen-bond acceptors (Lipinski definition) is 5. The van der Waals surface area contributed by atoms with Crippen LogP contribution in [0.1, 0.15) is 43.9 Å². The molecule has 1 N–H and O–H groups in total. The van der Waals surface area contributed by atoms with E-state index in [-0.39, 0.29) is 11.8 Å². The van der Waals surface area contributed by atoms with Crippen molar-refractivity contribution in [1.29, 1.82) is 0 Å². The van der Waals surface area contributed by atoms with Gasteiger partial charge in [0, 0.05) is 17.1 Å². The SMILES string of the molecule is COC(=O)c1c(C)[nH]c(C(=O)[C@@H](C)N(C)Cc2cccs2)c1C. The number of aryl methyl sites for hydroxylation is 1. The Hall–Kier alpha value is -1.92. The number of esters is 1. The lowest BCUT2D eigenvalue weighted by Crippen LogP contribution is -2.35. The van der Waals surface area contributed by atoms with Gasteiger partial charge in [-0.1, -0.05) is 6.07 Å². The van der Waals surface area contributed by atoms with Gasteiger partial charge < -0.3 is 9.72 Å². The number of nitrogens with one attached hydrogen (secondary N) is 1. The molecule has 124 valence electrons. The number of rotatable bonds is 6. The van der Waals surface area contributed by atoms with Crippen LogP contribution in [0.15, 0.2) is 17.5 Å². The van der Waals surface area contributed by atoms with Crippen molar-refractivity contribution in [3.05, 3.63) is 44.9 Å². The maximum atomic E-state index is 12.8. The Bertz CT molecular complexity index is 704. The molecule has 0 fully saturated rings. The highest BCUT2D eigenvalue weighted by Crippen LogP contribution is 2.22. The van der Waals surface area contributed by atoms with Crippen LogP contribution in [-0.4, -0.2) is 41.8 Å². The number of ether oxygens (including phenoxy) is 1. The molecule has 0 aliphatic carbocycles. The van der Waals surface area contributed by atoms with Crippen molar-refractivity contribution in [2.45, 2.75) is 33.4 Å². The van der Waals surface area contributed by atoms with Gasteiger partial charge in [0.15, 0.2) is 5.78 Å². The number of Topliss-reactive ketones (excluding diaryl/α,β-unsaturated/α-hetero) is 1. The molecule has 0 aromatic carbocycles. The van der Waals surface area contributed by atoms with Crippen LogP contribution in [-0.2, 0) is 11.3 Å². The molecular formula is C17H22N2O3S. The third-order valence-corrected chi connectivity index (χ3v) is 4.96. The molecule has 0 bridgehead atoms. The van der Waals surface area contributed by atoms with Crippen LogP contribution in [0.25, 0.3) is 0 Å². The Morgan fingerprint density at radius 3 is 2.65 bits per heavy atom. The van der Waals surface area contributed by atoms with Crippen molar-refractivity contribution in [2.24, 2.45) is 0 Å². The topological polar surface area (TPSA) is 62.4 Å². The number of H-pyrrole nitrogens is 1. The third kappa shape index (κ3) is 3.54. The van der Waals surface area contributed by atoms with Gasteiger partial charge in [-0.15, -0.1) is 11.3 Å². The highest BCUT2D eigenvalue weighted by Gasteiger charge is 2.27. The van der Waals surface area contributed by atoms with Gasteiger partial charge in [0.1, 0.15) is 0 Å². The van der Waals surface area contributed by atoms with Gasteiger partial charge in [-0.3, -0.25) is 9.69 Å². The lowest BCUT2D eigenvalue weighted by molar-refractivity contribution is 0.0599. The maximum absolute atomic E-state index is 12.8. The number of likely N-dealkylation sites (N-methyl/N-ethyl adjacent to an activating group) is 1. The van der Waals surface area contributed by atoms with E-state index < -0.39 is 5.97 Å². The van der Waals surface area contributed by atoms with Crippen LogP contribution in [0.5, 0.6) is 0 Å². The normalized spacial score (nSPS) is 12.4. The third-order valence-electron chi connectivity index (χ3n) is 4.10. The Morgan fingerprint density at radius 1 is 1.39 bits per heavy atom. The molecular weight excluding hydrogens is 312 g/mol. The number of ketones is 1. The Morgan fingerprint density at radius 2 is 2.09 bits per heavy atom. The fraction of sp³-hybridized carbons (Fsp3) is 0.412. The molecule has 0 spiro atoms. The summed E-state index contributed by atoms with van der Waals surface area (Å²) in [5, 5.41) is 2.02. The van der Waals surface area contributed by atoms with Crippen molar-refractivity contribution < 1.29 is 14.3 Å². The molecule has 2 aromatic heterocycles. The number of nitrogens with zero attached hydrogens (tertiary/aromatic N) is 1. The van der Waals surface area contributed by atoms with E-state index in [1.807, 2.05) is 30.3 Å². The summed E-state index contributed by atoms with van der Waals surface area (Å²) in [6.07, 6.45) is 0. The molecule has 0 radical (unpaired) electrons. The molecule has 0 saturated carbocycles. The minimum Gasteiger partial charge on any atom is -0.465 e. The zero-order chi connectivity index (χ0) is 17.1. The quantitative estimate of drug-likeness (QED) is 0.651. The summed E-state index contributed by atoms with van der Waals surface area (Å²) in [4.78, 5) is 30.9. The molecule has 5 nitrogen and oxygen atoms in total. The lowest BCUT2D eigenvalue weighted by Gasteiger charge is -2.22. The van der Waals surface area contributed by atoms with Crippen LogP contribution in [0.2, 0.25) is 0 Å². The highest BCUT2D eigenvalue weighted by atomic mass is 32.1. The first-order valence-corrected chi connectivity index (χ1v) is 8.29. The second kappa shape index (κ2) is 7.10. The van der Waals surface area contributed by atoms with E-state index in [1.165, 1.54) is 12.0 Å². The number of aromatic nitrogens is 1. The summed E-state index contributed by atoms with van der Waals surface area (Å²) in [5.74, 6) is -0.449. The van der Waals surface area contributed by atoms with E-state index in [2.05, 4.69) is 11.1 Å². The van der Waals surface area contributed by atoms with Gasteiger partial charge in [0.25, 0.3) is 0 Å². The van der Waals surface area contributed by atoms with E-state index >= 15 is 0 Å². The zero-order valence-corrected chi connectivity index (χ0v) is 14.9. The summed E-state index contributed by atoms with van der Waals surface area (Å²) >= 11 is 1.67. The average Bonchev–Trinajstić information content (AvgIpc) is 3.13. The van der Waals surface area contributed by atoms with Crippen LogP contribution in [0.4, 0.5) is 0 Å². The molecule has 0 amide bonds. The minimum atomic E-state index is -0.421. The van der Waals surface area contributed by atoms with Gasteiger partial charge in [-0.2, -0.15) is 0 Å². The van der Waals surface area contributed by atoms with E-state index in [9.17, 15) is 9.59 Å². The summed E-state index contributed by atoms with van der Waals surface area (Å²) in [7, 11) is 3.27. The van der Waals surface area contributed by atoms with Gasteiger partial charge in [0.2, 0.25) is 0 Å². The van der Waals surface area contributed by atoms with Gasteiger partial charge >= 0.3 is 5.97 Å². The van der Waals surface area contributed by atoms with Crippen molar-refractivity contribution >= 4 is 23.1 Å². The Kier molecular flexibility index (Phi) is 5.38. The fourth-order valence-electron chi connectivity index (χ4n) is 2.60. The smallest absolute Gasteiger partial charge is 0.339 e. The monoisotopic (exact) mass is 334 g/mol. The first kappa shape index (κ1) is 17.4. The first-order chi connectivity index (χ1) is 10.9. The summed E-state index contributed by atoms with van der Waals surface area (Å²) in [6, 6.07) is 3.76. The number of carbonyl (C=O) groups is 2. The van der Waals surface area contributed by atoms with Crippen molar-refractivity contribution in [1.82, 2.24) is 9.88 Å². The van der Waals surface area contributed by atoms with E-state index in [1.54, 1.807) is 25.2 Å². The minimum absolute atomic E-state index is 0.0280. The van der Waals surface area contributed by atoms with Gasteiger partial charge in [-0.25, -0.2) is 4.79 Å². The standard InChI is InChI=1S/C17H22N2O3S/c1-10-14(17(21)22-5)11(2)18-15(10)16(20)12(3)19(4)9-13-7-6-8-23-13/h6-8,12,18H,9H2,1-5H3/t12-/m1/s1. The second-order valence-corrected chi connectivity index (χ2v) is 6.68. The number of aromatic amines is 1. The van der Waals surface area contributed by atoms with Crippen LogP contribution < -0.4 is 0 Å². The predicted octanol–water partition coefficient (Wildman–Crippen LogP) is 3.18. The number of thiophene rings is 1. The number of hydrogen-bond donors (Lipinski definition) is 1. The maximum Gasteiger partial charge on any atom is 0.339 e. The number of methoxy groups -OCH3 is 1. The predicted molar refractivity (Wildman–Crippen MR) is 91.2 cm³/mol.